The van der Waals surface area contributed by atoms with E-state index in [1.54, 1.807) is 6.92 Å². The first-order valence-electron chi connectivity index (χ1n) is 8.90. The lowest BCUT2D eigenvalue weighted by atomic mass is 10.2. The third kappa shape index (κ3) is 7.55. The van der Waals surface area contributed by atoms with Crippen molar-refractivity contribution in [2.24, 2.45) is 0 Å². The SMILES string of the molecule is CCCCOP(=O)(OCCCC)/C(=C/c1ccccc1)C(=O)OCC. The number of benzene rings is 1. The van der Waals surface area contributed by atoms with Crippen molar-refractivity contribution in [2.75, 3.05) is 19.8 Å². The van der Waals surface area contributed by atoms with E-state index in [4.69, 9.17) is 13.8 Å². The molecule has 0 aliphatic carbocycles. The highest BCUT2D eigenvalue weighted by Gasteiger charge is 2.36. The molecule has 0 radical (unpaired) electrons. The minimum absolute atomic E-state index is 0.0484. The Morgan fingerprint density at radius 3 is 2.04 bits per heavy atom. The van der Waals surface area contributed by atoms with Gasteiger partial charge in [-0.15, -0.1) is 0 Å². The van der Waals surface area contributed by atoms with Crippen LogP contribution >= 0.6 is 7.60 Å². The summed E-state index contributed by atoms with van der Waals surface area (Å²) >= 11 is 0. The molecule has 0 N–H and O–H groups in total. The second-order valence-corrected chi connectivity index (χ2v) is 7.52. The van der Waals surface area contributed by atoms with Crippen molar-refractivity contribution in [2.45, 2.75) is 46.5 Å². The summed E-state index contributed by atoms with van der Waals surface area (Å²) in [6.07, 6.45) is 4.81. The maximum absolute atomic E-state index is 13.4. The van der Waals surface area contributed by atoms with Gasteiger partial charge in [-0.2, -0.15) is 0 Å². The van der Waals surface area contributed by atoms with Crippen LogP contribution in [0.15, 0.2) is 35.6 Å². The maximum atomic E-state index is 13.4. The molecule has 0 saturated carbocycles. The molecule has 0 unspecified atom stereocenters. The van der Waals surface area contributed by atoms with E-state index in [2.05, 4.69) is 0 Å². The summed E-state index contributed by atoms with van der Waals surface area (Å²) in [7, 11) is -3.75. The fraction of sp³-hybridized carbons (Fsp3) is 0.526. The summed E-state index contributed by atoms with van der Waals surface area (Å²) in [5.74, 6) is -0.664. The number of hydrogen-bond donors (Lipinski definition) is 0. The third-order valence-electron chi connectivity index (χ3n) is 3.40. The highest BCUT2D eigenvalue weighted by atomic mass is 31.2. The van der Waals surface area contributed by atoms with Gasteiger partial charge in [-0.25, -0.2) is 4.79 Å². The van der Waals surface area contributed by atoms with E-state index in [1.807, 2.05) is 44.2 Å². The second-order valence-electron chi connectivity index (χ2n) is 5.53. The quantitative estimate of drug-likeness (QED) is 0.213. The normalized spacial score (nSPS) is 12.2. The zero-order chi connectivity index (χ0) is 18.5. The van der Waals surface area contributed by atoms with Crippen LogP contribution in [0, 0.1) is 0 Å². The molecule has 0 amide bonds. The number of carbonyl (C=O) groups is 1. The molecule has 1 aromatic rings. The van der Waals surface area contributed by atoms with E-state index in [0.717, 1.165) is 31.2 Å². The van der Waals surface area contributed by atoms with Crippen molar-refractivity contribution in [3.8, 4) is 0 Å². The Hall–Kier alpha value is -1.42. The Labute approximate surface area is 150 Å². The first-order valence-corrected chi connectivity index (χ1v) is 10.4. The van der Waals surface area contributed by atoms with Gasteiger partial charge in [0.05, 0.1) is 19.8 Å². The fourth-order valence-electron chi connectivity index (χ4n) is 2.00. The van der Waals surface area contributed by atoms with E-state index in [0.29, 0.717) is 0 Å². The summed E-state index contributed by atoms with van der Waals surface area (Å²) < 4.78 is 29.6. The summed E-state index contributed by atoms with van der Waals surface area (Å²) in [6, 6.07) is 9.20. The smallest absolute Gasteiger partial charge is 0.368 e. The summed E-state index contributed by atoms with van der Waals surface area (Å²) in [6.45, 7) is 6.46. The highest BCUT2D eigenvalue weighted by molar-refractivity contribution is 7.60. The molecular weight excluding hydrogens is 339 g/mol. The molecule has 1 rings (SSSR count). The molecule has 0 aromatic heterocycles. The van der Waals surface area contributed by atoms with Crippen molar-refractivity contribution in [1.29, 1.82) is 0 Å². The third-order valence-corrected chi connectivity index (χ3v) is 5.35. The predicted octanol–water partition coefficient (Wildman–Crippen LogP) is 5.42. The van der Waals surface area contributed by atoms with Gasteiger partial charge in [0.1, 0.15) is 5.31 Å². The van der Waals surface area contributed by atoms with E-state index in [9.17, 15) is 9.36 Å². The zero-order valence-electron chi connectivity index (χ0n) is 15.4. The Balaban J connectivity index is 3.18. The van der Waals surface area contributed by atoms with Crippen LogP contribution in [-0.2, 0) is 23.1 Å². The van der Waals surface area contributed by atoms with Crippen molar-refractivity contribution in [3.63, 3.8) is 0 Å². The molecule has 0 heterocycles. The van der Waals surface area contributed by atoms with Crippen molar-refractivity contribution >= 4 is 19.6 Å². The van der Waals surface area contributed by atoms with Crippen LogP contribution in [0.1, 0.15) is 52.0 Å². The van der Waals surface area contributed by atoms with E-state index in [-0.39, 0.29) is 25.1 Å². The van der Waals surface area contributed by atoms with Crippen molar-refractivity contribution < 1.29 is 23.1 Å². The van der Waals surface area contributed by atoms with Crippen LogP contribution in [0.5, 0.6) is 0 Å². The summed E-state index contributed by atoms with van der Waals surface area (Å²) in [5, 5.41) is -0.0484. The van der Waals surface area contributed by atoms with Crippen LogP contribution in [0.25, 0.3) is 6.08 Å². The molecule has 0 saturated heterocycles. The average Bonchev–Trinajstić information content (AvgIpc) is 2.61. The Bertz CT molecular complexity index is 569. The van der Waals surface area contributed by atoms with Crippen molar-refractivity contribution in [3.05, 3.63) is 41.2 Å². The van der Waals surface area contributed by atoms with Gasteiger partial charge in [0.15, 0.2) is 0 Å². The zero-order valence-corrected chi connectivity index (χ0v) is 16.3. The Morgan fingerprint density at radius 1 is 1.00 bits per heavy atom. The molecule has 0 bridgehead atoms. The number of esters is 1. The summed E-state index contributed by atoms with van der Waals surface area (Å²) in [5.41, 5.74) is 0.740. The molecule has 6 heteroatoms. The van der Waals surface area contributed by atoms with Gasteiger partial charge >= 0.3 is 13.6 Å². The first kappa shape index (κ1) is 21.6. The minimum Gasteiger partial charge on any atom is -0.462 e. The van der Waals surface area contributed by atoms with Gasteiger partial charge in [-0.05, 0) is 31.4 Å². The van der Waals surface area contributed by atoms with Crippen LogP contribution in [0.3, 0.4) is 0 Å². The number of unbranched alkanes of at least 4 members (excludes halogenated alkanes) is 2. The lowest BCUT2D eigenvalue weighted by Gasteiger charge is -2.20. The minimum atomic E-state index is -3.75. The number of rotatable bonds is 12. The maximum Gasteiger partial charge on any atom is 0.368 e. The van der Waals surface area contributed by atoms with Gasteiger partial charge in [0, 0.05) is 0 Å². The molecule has 0 spiro atoms. The van der Waals surface area contributed by atoms with Gasteiger partial charge in [-0.3, -0.25) is 4.57 Å². The molecule has 0 fully saturated rings. The molecular formula is C19H29O5P. The van der Waals surface area contributed by atoms with E-state index < -0.39 is 13.6 Å². The second kappa shape index (κ2) is 12.0. The lowest BCUT2D eigenvalue weighted by molar-refractivity contribution is -0.137. The highest BCUT2D eigenvalue weighted by Crippen LogP contribution is 2.57. The van der Waals surface area contributed by atoms with Crippen LogP contribution in [-0.4, -0.2) is 25.8 Å². The average molecular weight is 368 g/mol. The monoisotopic (exact) mass is 368 g/mol. The fourth-order valence-corrected chi connectivity index (χ4v) is 3.68. The Kier molecular flexibility index (Phi) is 10.4. The number of ether oxygens (including phenoxy) is 1. The summed E-state index contributed by atoms with van der Waals surface area (Å²) in [4.78, 5) is 12.4. The van der Waals surface area contributed by atoms with E-state index >= 15 is 0 Å². The topological polar surface area (TPSA) is 61.8 Å². The van der Waals surface area contributed by atoms with Gasteiger partial charge in [0.25, 0.3) is 0 Å². The largest absolute Gasteiger partial charge is 0.462 e. The van der Waals surface area contributed by atoms with Crippen molar-refractivity contribution in [1.82, 2.24) is 0 Å². The molecule has 1 aromatic carbocycles. The molecule has 5 nitrogen and oxygen atoms in total. The number of carbonyl (C=O) groups excluding carboxylic acids is 1. The molecule has 0 aliphatic rings. The van der Waals surface area contributed by atoms with Crippen LogP contribution in [0.4, 0.5) is 0 Å². The number of hydrogen-bond acceptors (Lipinski definition) is 5. The first-order chi connectivity index (χ1) is 12.1. The Morgan fingerprint density at radius 2 is 1.56 bits per heavy atom. The van der Waals surface area contributed by atoms with Gasteiger partial charge in [-0.1, -0.05) is 57.0 Å². The lowest BCUT2D eigenvalue weighted by Crippen LogP contribution is -2.12. The van der Waals surface area contributed by atoms with E-state index in [1.165, 1.54) is 6.08 Å². The van der Waals surface area contributed by atoms with Crippen LogP contribution in [0.2, 0.25) is 0 Å². The van der Waals surface area contributed by atoms with Crippen LogP contribution < -0.4 is 0 Å². The van der Waals surface area contributed by atoms with Gasteiger partial charge < -0.3 is 13.8 Å². The molecule has 0 aliphatic heterocycles. The molecule has 0 atom stereocenters. The molecule has 25 heavy (non-hydrogen) atoms. The predicted molar refractivity (Wildman–Crippen MR) is 100 cm³/mol. The molecule has 140 valence electrons. The van der Waals surface area contributed by atoms with Gasteiger partial charge in [0.2, 0.25) is 0 Å². The standard InChI is InChI=1S/C19H29O5P/c1-4-7-14-23-25(21,24-15-8-5-2)18(19(20)22-6-3)16-17-12-10-9-11-13-17/h9-13,16H,4-8,14-15H2,1-3H3/b18-16+.